The van der Waals surface area contributed by atoms with Crippen molar-refractivity contribution < 1.29 is 24.2 Å². The van der Waals surface area contributed by atoms with Gasteiger partial charge in [0, 0.05) is 13.1 Å². The van der Waals surface area contributed by atoms with Gasteiger partial charge < -0.3 is 25.4 Å². The highest BCUT2D eigenvalue weighted by Gasteiger charge is 2.33. The van der Waals surface area contributed by atoms with Crippen LogP contribution in [0.5, 0.6) is 5.75 Å². The molecular formula is C25H33N3O5. The van der Waals surface area contributed by atoms with E-state index in [1.165, 1.54) is 24.0 Å². The highest BCUT2D eigenvalue weighted by atomic mass is 16.6. The molecule has 3 amide bonds. The molecule has 0 heterocycles. The SMILES string of the molecule is CCN(C(=O)C(C)NC(=O)OC(C)(C)C)C(C(=O)NCc1ccccc1)c1cccc(O)c1. The first kappa shape index (κ1) is 25.7. The molecule has 2 aromatic carbocycles. The van der Waals surface area contributed by atoms with Crippen LogP contribution in [0.15, 0.2) is 54.6 Å². The molecule has 3 N–H and O–H groups in total. The molecule has 0 saturated heterocycles. The Bertz CT molecular complexity index is 956. The summed E-state index contributed by atoms with van der Waals surface area (Å²) in [4.78, 5) is 40.1. The van der Waals surface area contributed by atoms with E-state index in [1.807, 2.05) is 30.3 Å². The van der Waals surface area contributed by atoms with Crippen LogP contribution in [0.1, 0.15) is 51.8 Å². The Balaban J connectivity index is 2.26. The van der Waals surface area contributed by atoms with E-state index in [0.29, 0.717) is 5.56 Å². The number of hydrogen-bond donors (Lipinski definition) is 3. The molecule has 0 aromatic heterocycles. The van der Waals surface area contributed by atoms with Gasteiger partial charge in [0.2, 0.25) is 11.8 Å². The summed E-state index contributed by atoms with van der Waals surface area (Å²) in [6.45, 7) is 8.96. The summed E-state index contributed by atoms with van der Waals surface area (Å²) in [6, 6.07) is 13.7. The van der Waals surface area contributed by atoms with Crippen molar-refractivity contribution in [2.45, 2.75) is 58.8 Å². The number of alkyl carbamates (subject to hydrolysis) is 1. The highest BCUT2D eigenvalue weighted by Crippen LogP contribution is 2.25. The molecule has 0 fully saturated rings. The lowest BCUT2D eigenvalue weighted by molar-refractivity contribution is -0.142. The smallest absolute Gasteiger partial charge is 0.408 e. The van der Waals surface area contributed by atoms with Crippen LogP contribution in [0.2, 0.25) is 0 Å². The number of nitrogens with zero attached hydrogens (tertiary/aromatic N) is 1. The molecule has 33 heavy (non-hydrogen) atoms. The Hall–Kier alpha value is -3.55. The maximum Gasteiger partial charge on any atom is 0.408 e. The van der Waals surface area contributed by atoms with E-state index < -0.39 is 35.6 Å². The van der Waals surface area contributed by atoms with Gasteiger partial charge in [-0.05, 0) is 57.9 Å². The molecule has 2 aromatic rings. The van der Waals surface area contributed by atoms with Crippen molar-refractivity contribution in [3.63, 3.8) is 0 Å². The first-order valence-corrected chi connectivity index (χ1v) is 10.9. The number of hydrogen-bond acceptors (Lipinski definition) is 5. The lowest BCUT2D eigenvalue weighted by Crippen LogP contribution is -2.51. The number of ether oxygens (including phenoxy) is 1. The molecule has 2 rings (SSSR count). The van der Waals surface area contributed by atoms with E-state index in [2.05, 4.69) is 10.6 Å². The highest BCUT2D eigenvalue weighted by molar-refractivity contribution is 5.92. The number of amides is 3. The third kappa shape index (κ3) is 7.82. The Morgan fingerprint density at radius 3 is 2.30 bits per heavy atom. The molecule has 2 unspecified atom stereocenters. The van der Waals surface area contributed by atoms with Crippen molar-refractivity contribution in [2.75, 3.05) is 6.54 Å². The Kier molecular flexibility index (Phi) is 8.85. The number of benzene rings is 2. The summed E-state index contributed by atoms with van der Waals surface area (Å²) in [5.74, 6) is -0.868. The second kappa shape index (κ2) is 11.4. The lowest BCUT2D eigenvalue weighted by atomic mass is 10.0. The summed E-state index contributed by atoms with van der Waals surface area (Å²) >= 11 is 0. The van der Waals surface area contributed by atoms with Gasteiger partial charge in [0.1, 0.15) is 23.4 Å². The van der Waals surface area contributed by atoms with Crippen LogP contribution in [0, 0.1) is 0 Å². The molecule has 0 spiro atoms. The minimum atomic E-state index is -0.999. The predicted molar refractivity (Wildman–Crippen MR) is 125 cm³/mol. The van der Waals surface area contributed by atoms with E-state index in [9.17, 15) is 19.5 Å². The maximum atomic E-state index is 13.3. The monoisotopic (exact) mass is 455 g/mol. The quantitative estimate of drug-likeness (QED) is 0.565. The number of likely N-dealkylation sites (N-methyl/N-ethyl adjacent to an activating group) is 1. The van der Waals surface area contributed by atoms with Crippen LogP contribution in [-0.4, -0.2) is 46.1 Å². The van der Waals surface area contributed by atoms with Gasteiger partial charge in [-0.2, -0.15) is 0 Å². The van der Waals surface area contributed by atoms with Crippen LogP contribution < -0.4 is 10.6 Å². The molecule has 0 radical (unpaired) electrons. The molecule has 2 atom stereocenters. The van der Waals surface area contributed by atoms with Gasteiger partial charge in [-0.3, -0.25) is 9.59 Å². The predicted octanol–water partition coefficient (Wildman–Crippen LogP) is 3.51. The van der Waals surface area contributed by atoms with Crippen molar-refractivity contribution in [3.05, 3.63) is 65.7 Å². The van der Waals surface area contributed by atoms with Gasteiger partial charge in [-0.25, -0.2) is 4.79 Å². The second-order valence-electron chi connectivity index (χ2n) is 8.69. The van der Waals surface area contributed by atoms with Crippen LogP contribution in [-0.2, 0) is 20.9 Å². The van der Waals surface area contributed by atoms with Crippen molar-refractivity contribution >= 4 is 17.9 Å². The van der Waals surface area contributed by atoms with Crippen LogP contribution in [0.25, 0.3) is 0 Å². The third-order valence-electron chi connectivity index (χ3n) is 4.78. The van der Waals surface area contributed by atoms with Gasteiger partial charge in [-0.15, -0.1) is 0 Å². The zero-order valence-electron chi connectivity index (χ0n) is 19.8. The van der Waals surface area contributed by atoms with E-state index in [4.69, 9.17) is 4.74 Å². The van der Waals surface area contributed by atoms with Gasteiger partial charge >= 0.3 is 6.09 Å². The molecule has 8 heteroatoms. The Morgan fingerprint density at radius 2 is 1.73 bits per heavy atom. The van der Waals surface area contributed by atoms with Crippen molar-refractivity contribution in [1.82, 2.24) is 15.5 Å². The van der Waals surface area contributed by atoms with E-state index in [-0.39, 0.29) is 18.8 Å². The van der Waals surface area contributed by atoms with E-state index in [1.54, 1.807) is 39.8 Å². The molecule has 0 aliphatic carbocycles. The molecule has 8 nitrogen and oxygen atoms in total. The van der Waals surface area contributed by atoms with Gasteiger partial charge in [0.25, 0.3) is 0 Å². The zero-order chi connectivity index (χ0) is 24.6. The summed E-state index contributed by atoms with van der Waals surface area (Å²) in [7, 11) is 0. The summed E-state index contributed by atoms with van der Waals surface area (Å²) in [5, 5.41) is 15.4. The van der Waals surface area contributed by atoms with Crippen LogP contribution >= 0.6 is 0 Å². The van der Waals surface area contributed by atoms with E-state index in [0.717, 1.165) is 5.56 Å². The summed E-state index contributed by atoms with van der Waals surface area (Å²) < 4.78 is 5.23. The minimum Gasteiger partial charge on any atom is -0.508 e. The van der Waals surface area contributed by atoms with Crippen LogP contribution in [0.3, 0.4) is 0 Å². The molecule has 0 aliphatic heterocycles. The molecule has 0 saturated carbocycles. The largest absolute Gasteiger partial charge is 0.508 e. The lowest BCUT2D eigenvalue weighted by Gasteiger charge is -2.32. The molecule has 178 valence electrons. The summed E-state index contributed by atoms with van der Waals surface area (Å²) in [5.41, 5.74) is 0.661. The first-order chi connectivity index (χ1) is 15.5. The minimum absolute atomic E-state index is 0.0169. The van der Waals surface area contributed by atoms with Gasteiger partial charge in [-0.1, -0.05) is 42.5 Å². The number of aromatic hydroxyl groups is 1. The molecular weight excluding hydrogens is 422 g/mol. The third-order valence-corrected chi connectivity index (χ3v) is 4.78. The van der Waals surface area contributed by atoms with Gasteiger partial charge in [0.05, 0.1) is 0 Å². The van der Waals surface area contributed by atoms with Gasteiger partial charge in [0.15, 0.2) is 0 Å². The number of rotatable bonds is 8. The molecule has 0 bridgehead atoms. The fraction of sp³-hybridized carbons (Fsp3) is 0.400. The number of carbonyl (C=O) groups is 3. The topological polar surface area (TPSA) is 108 Å². The van der Waals surface area contributed by atoms with Crippen molar-refractivity contribution in [3.8, 4) is 5.75 Å². The average molecular weight is 456 g/mol. The molecule has 0 aliphatic rings. The number of phenols is 1. The number of phenolic OH excluding ortho intramolecular Hbond substituents is 1. The zero-order valence-corrected chi connectivity index (χ0v) is 19.8. The normalized spacial score (nSPS) is 12.9. The first-order valence-electron chi connectivity index (χ1n) is 10.9. The second-order valence-corrected chi connectivity index (χ2v) is 8.69. The summed E-state index contributed by atoms with van der Waals surface area (Å²) in [6.07, 6.45) is -0.721. The average Bonchev–Trinajstić information content (AvgIpc) is 2.74. The Labute approximate surface area is 194 Å². The maximum absolute atomic E-state index is 13.3. The van der Waals surface area contributed by atoms with Crippen molar-refractivity contribution in [1.29, 1.82) is 0 Å². The number of nitrogens with one attached hydrogen (secondary N) is 2. The van der Waals surface area contributed by atoms with Crippen LogP contribution in [0.4, 0.5) is 4.79 Å². The number of carbonyl (C=O) groups excluding carboxylic acids is 3. The standard InChI is InChI=1S/C25H33N3O5/c1-6-28(23(31)17(2)27-24(32)33-25(3,4)5)21(19-13-10-14-20(29)15-19)22(30)26-16-18-11-8-7-9-12-18/h7-15,17,21,29H,6,16H2,1-5H3,(H,26,30)(H,27,32). The fourth-order valence-corrected chi connectivity index (χ4v) is 3.31. The van der Waals surface area contributed by atoms with E-state index >= 15 is 0 Å². The Morgan fingerprint density at radius 1 is 1.06 bits per heavy atom. The van der Waals surface area contributed by atoms with Crippen molar-refractivity contribution in [2.24, 2.45) is 0 Å². The fourth-order valence-electron chi connectivity index (χ4n) is 3.31.